The van der Waals surface area contributed by atoms with Gasteiger partial charge in [0.1, 0.15) is 0 Å². The van der Waals surface area contributed by atoms with E-state index in [1.54, 1.807) is 0 Å². The molecule has 4 heteroatoms. The third-order valence-electron chi connectivity index (χ3n) is 0.887. The number of halogens is 2. The molecule has 0 fully saturated rings. The molecule has 0 aliphatic carbocycles. The number of nitrogens with one attached hydrogen (secondary N) is 1. The van der Waals surface area contributed by atoms with Gasteiger partial charge in [-0.25, -0.2) is 0 Å². The van der Waals surface area contributed by atoms with Gasteiger partial charge in [-0.15, -0.1) is 0 Å². The first-order chi connectivity index (χ1) is 4.11. The van der Waals surface area contributed by atoms with Gasteiger partial charge in [-0.3, -0.25) is 0 Å². The van der Waals surface area contributed by atoms with Crippen LogP contribution >= 0.6 is 39.5 Å². The molecule has 1 heterocycles. The third-order valence-corrected chi connectivity index (χ3v) is 7.93. The van der Waals surface area contributed by atoms with E-state index in [-0.39, 0.29) is 0 Å². The Morgan fingerprint density at radius 3 is 2.44 bits per heavy atom. The van der Waals surface area contributed by atoms with E-state index in [9.17, 15) is 0 Å². The second-order valence-corrected chi connectivity index (χ2v) is 32.3. The molecular weight excluding hydrogens is 429 g/mol. The van der Waals surface area contributed by atoms with Crippen LogP contribution in [-0.4, -0.2) is 4.98 Å². The molecule has 0 spiro atoms. The first-order valence-electron chi connectivity index (χ1n) is 2.29. The number of aromatic nitrogens is 1. The average molecular weight is 436 g/mol. The van der Waals surface area contributed by atoms with E-state index in [1.165, 1.54) is 4.29 Å². The van der Waals surface area contributed by atoms with Crippen molar-refractivity contribution in [2.45, 2.75) is 5.52 Å². The molecule has 0 aromatic carbocycles. The number of H-pyrrole nitrogens is 1. The summed E-state index contributed by atoms with van der Waals surface area (Å²) in [5, 5.41) is 0. The SMILES string of the molecule is [CH3][Ru]([I])([I])[c]1ccc[nH]1. The van der Waals surface area contributed by atoms with Crippen molar-refractivity contribution in [3.8, 4) is 0 Å². The number of aromatic amines is 1. The van der Waals surface area contributed by atoms with Crippen LogP contribution in [0.25, 0.3) is 0 Å². The van der Waals surface area contributed by atoms with Crippen LogP contribution in [0.15, 0.2) is 18.3 Å². The summed E-state index contributed by atoms with van der Waals surface area (Å²) in [6.45, 7) is 0. The summed E-state index contributed by atoms with van der Waals surface area (Å²) in [5.41, 5.74) is 2.34. The molecule has 0 amide bonds. The monoisotopic (exact) mass is 437 g/mol. The van der Waals surface area contributed by atoms with Gasteiger partial charge >= 0.3 is 80.4 Å². The van der Waals surface area contributed by atoms with E-state index in [4.69, 9.17) is 0 Å². The van der Waals surface area contributed by atoms with Gasteiger partial charge < -0.3 is 0 Å². The molecule has 1 aromatic heterocycles. The van der Waals surface area contributed by atoms with Gasteiger partial charge in [0, 0.05) is 0 Å². The maximum atomic E-state index is 3.24. The normalized spacial score (nSPS) is 13.7. The molecule has 9 heavy (non-hydrogen) atoms. The third kappa shape index (κ3) is 2.46. The van der Waals surface area contributed by atoms with Crippen molar-refractivity contribution in [3.05, 3.63) is 18.3 Å². The number of hydrogen-bond donors (Lipinski definition) is 1. The molecule has 0 radical (unpaired) electrons. The molecule has 0 atom stereocenters. The summed E-state index contributed by atoms with van der Waals surface area (Å²) in [7, 11) is -1.39. The first kappa shape index (κ1) is 8.46. The Balaban J connectivity index is 2.90. The zero-order valence-electron chi connectivity index (χ0n) is 4.84. The van der Waals surface area contributed by atoms with Crippen LogP contribution < -0.4 is 4.29 Å². The maximum absolute atomic E-state index is 3.24. The Morgan fingerprint density at radius 1 is 1.56 bits per heavy atom. The second kappa shape index (κ2) is 3.17. The van der Waals surface area contributed by atoms with Crippen molar-refractivity contribution < 1.29 is 7.75 Å². The van der Waals surface area contributed by atoms with Crippen LogP contribution in [0.4, 0.5) is 0 Å². The van der Waals surface area contributed by atoms with Crippen LogP contribution in [0.3, 0.4) is 0 Å². The molecule has 0 aliphatic heterocycles. The summed E-state index contributed by atoms with van der Waals surface area (Å²) >= 11 is 5.13. The zero-order valence-corrected chi connectivity index (χ0v) is 10.9. The van der Waals surface area contributed by atoms with Gasteiger partial charge in [-0.1, -0.05) is 0 Å². The zero-order chi connectivity index (χ0) is 6.91. The molecule has 0 aliphatic rings. The standard InChI is InChI=1S/C4H4N.CH3.2HI.Ru/c1-2-4-5-3-1;;;;/h1-3,5H;1H3;2*1H;/q;;;;+2/p-2. The quantitative estimate of drug-likeness (QED) is 0.515. The Labute approximate surface area is 79.2 Å². The number of rotatable bonds is 1. The van der Waals surface area contributed by atoms with Crippen LogP contribution in [-0.2, 0) is 7.75 Å². The molecule has 1 aromatic rings. The van der Waals surface area contributed by atoms with Gasteiger partial charge in [0.15, 0.2) is 0 Å². The van der Waals surface area contributed by atoms with Gasteiger partial charge in [-0.05, 0) is 0 Å². The van der Waals surface area contributed by atoms with E-state index >= 15 is 0 Å². The van der Waals surface area contributed by atoms with Crippen molar-refractivity contribution in [2.24, 2.45) is 0 Å². The van der Waals surface area contributed by atoms with Crippen molar-refractivity contribution in [1.82, 2.24) is 4.98 Å². The average Bonchev–Trinajstić information content (AvgIpc) is 2.08. The molecule has 1 rings (SSSR count). The van der Waals surface area contributed by atoms with Crippen molar-refractivity contribution in [3.63, 3.8) is 0 Å². The van der Waals surface area contributed by atoms with Crippen LogP contribution in [0.5, 0.6) is 0 Å². The summed E-state index contributed by atoms with van der Waals surface area (Å²) in [5.74, 6) is 0. The predicted molar refractivity (Wildman–Crippen MR) is 54.3 cm³/mol. The van der Waals surface area contributed by atoms with E-state index in [0.717, 1.165) is 0 Å². The summed E-state index contributed by atoms with van der Waals surface area (Å²) in [6.07, 6.45) is 1.99. The van der Waals surface area contributed by atoms with Crippen molar-refractivity contribution >= 4 is 43.8 Å². The van der Waals surface area contributed by atoms with E-state index < -0.39 is 7.75 Å². The minimum absolute atomic E-state index is 1.39. The topological polar surface area (TPSA) is 15.8 Å². The van der Waals surface area contributed by atoms with E-state index in [0.29, 0.717) is 0 Å². The Kier molecular flexibility index (Phi) is 2.98. The molecule has 0 saturated heterocycles. The summed E-state index contributed by atoms with van der Waals surface area (Å²) < 4.78 is 1.44. The first-order valence-corrected chi connectivity index (χ1v) is 15.2. The molecule has 54 valence electrons. The molecular formula is C5H7I2NRu. The number of hydrogen-bond acceptors (Lipinski definition) is 0. The van der Waals surface area contributed by atoms with Crippen LogP contribution in [0.2, 0.25) is 5.52 Å². The Morgan fingerprint density at radius 2 is 2.22 bits per heavy atom. The fourth-order valence-electron chi connectivity index (χ4n) is 0.497. The summed E-state index contributed by atoms with van der Waals surface area (Å²) in [4.78, 5) is 3.24. The Hall–Kier alpha value is 1.36. The molecule has 0 unspecified atom stereocenters. The molecule has 1 nitrogen and oxygen atoms in total. The van der Waals surface area contributed by atoms with Crippen LogP contribution in [0, 0.1) is 0 Å². The van der Waals surface area contributed by atoms with Crippen LogP contribution in [0.1, 0.15) is 0 Å². The van der Waals surface area contributed by atoms with Crippen molar-refractivity contribution in [1.29, 1.82) is 0 Å². The van der Waals surface area contributed by atoms with E-state index in [1.807, 2.05) is 6.20 Å². The second-order valence-electron chi connectivity index (χ2n) is 1.63. The van der Waals surface area contributed by atoms with Gasteiger partial charge in [0.2, 0.25) is 0 Å². The fourth-order valence-corrected chi connectivity index (χ4v) is 4.57. The van der Waals surface area contributed by atoms with Crippen molar-refractivity contribution in [2.75, 3.05) is 0 Å². The predicted octanol–water partition coefficient (Wildman–Crippen LogP) is 2.54. The van der Waals surface area contributed by atoms with Gasteiger partial charge in [-0.2, -0.15) is 0 Å². The molecule has 0 bridgehead atoms. The minimum atomic E-state index is -1.39. The van der Waals surface area contributed by atoms with Gasteiger partial charge in [0.25, 0.3) is 0 Å². The molecule has 1 N–H and O–H groups in total. The van der Waals surface area contributed by atoms with Gasteiger partial charge in [0.05, 0.1) is 0 Å². The van der Waals surface area contributed by atoms with E-state index in [2.05, 4.69) is 62.1 Å². The summed E-state index contributed by atoms with van der Waals surface area (Å²) in [6, 6.07) is 4.23. The Bertz CT molecular complexity index is 177. The molecule has 0 saturated carbocycles. The fraction of sp³-hybridized carbons (Fsp3) is 0.200.